The zero-order valence-corrected chi connectivity index (χ0v) is 25.4. The third-order valence-corrected chi connectivity index (χ3v) is 9.75. The Morgan fingerprint density at radius 3 is 2.00 bits per heavy atom. The molecule has 2 aromatic carbocycles. The van der Waals surface area contributed by atoms with Crippen LogP contribution in [0.2, 0.25) is 0 Å². The van der Waals surface area contributed by atoms with E-state index in [1.54, 1.807) is 28.9 Å². The quantitative estimate of drug-likeness (QED) is 0.383. The number of hydrogen-bond acceptors (Lipinski definition) is 5. The second-order valence-corrected chi connectivity index (χ2v) is 12.5. The molecule has 1 spiro atoms. The molecule has 7 atom stereocenters. The first-order chi connectivity index (χ1) is 20.6. The lowest BCUT2D eigenvalue weighted by molar-refractivity contribution is -0.157. The summed E-state index contributed by atoms with van der Waals surface area (Å²) in [5.74, 6) is -2.50. The predicted molar refractivity (Wildman–Crippen MR) is 164 cm³/mol. The van der Waals surface area contributed by atoms with Crippen LogP contribution in [0.4, 0.5) is 0 Å². The molecule has 8 heteroatoms. The molecule has 3 fully saturated rings. The standard InChI is InChI=1S/C35H43N3O5/c1-6-18-36(21-26-14-10-8-11-15-26)31(40)28-29-32(41)38(25(4)23-39)30(35(29)20-24(3)34(28,5)43-35)33(42)37(19-7-2)22-27-16-12-9-13-17-27/h6-17,24-25,28-30,39H,1-2,18-23H2,3-5H3/t24?,25-,28+,29+,30?,34-,35?/m1/s1. The largest absolute Gasteiger partial charge is 0.394 e. The normalized spacial score (nSPS) is 29.7. The fourth-order valence-electron chi connectivity index (χ4n) is 7.65. The third kappa shape index (κ3) is 5.10. The molecule has 2 bridgehead atoms. The molecule has 3 amide bonds. The molecule has 3 saturated heterocycles. The van der Waals surface area contributed by atoms with E-state index in [0.717, 1.165) is 11.1 Å². The van der Waals surface area contributed by atoms with Crippen molar-refractivity contribution in [3.8, 4) is 0 Å². The Morgan fingerprint density at radius 1 is 1.00 bits per heavy atom. The number of carbonyl (C=O) groups excluding carboxylic acids is 3. The van der Waals surface area contributed by atoms with Gasteiger partial charge in [-0.05, 0) is 37.3 Å². The van der Waals surface area contributed by atoms with Crippen molar-refractivity contribution in [2.45, 2.75) is 63.6 Å². The van der Waals surface area contributed by atoms with E-state index in [2.05, 4.69) is 13.2 Å². The van der Waals surface area contributed by atoms with Crippen LogP contribution in [0, 0.1) is 17.8 Å². The molecule has 8 nitrogen and oxygen atoms in total. The summed E-state index contributed by atoms with van der Waals surface area (Å²) in [6.45, 7) is 14.4. The van der Waals surface area contributed by atoms with E-state index in [9.17, 15) is 19.5 Å². The number of likely N-dealkylation sites (tertiary alicyclic amines) is 1. The van der Waals surface area contributed by atoms with E-state index < -0.39 is 35.1 Å². The van der Waals surface area contributed by atoms with E-state index in [1.165, 1.54) is 4.90 Å². The van der Waals surface area contributed by atoms with Gasteiger partial charge in [-0.25, -0.2) is 0 Å². The average Bonchev–Trinajstić information content (AvgIpc) is 3.53. The van der Waals surface area contributed by atoms with Gasteiger partial charge >= 0.3 is 0 Å². The molecule has 0 aromatic heterocycles. The number of aliphatic hydroxyl groups is 1. The van der Waals surface area contributed by atoms with Crippen molar-refractivity contribution in [2.24, 2.45) is 17.8 Å². The van der Waals surface area contributed by atoms with E-state index in [-0.39, 0.29) is 36.8 Å². The monoisotopic (exact) mass is 585 g/mol. The van der Waals surface area contributed by atoms with Crippen LogP contribution >= 0.6 is 0 Å². The molecule has 0 aliphatic carbocycles. The number of aliphatic hydroxyl groups excluding tert-OH is 1. The van der Waals surface area contributed by atoms with E-state index in [1.807, 2.05) is 74.5 Å². The van der Waals surface area contributed by atoms with Crippen molar-refractivity contribution in [2.75, 3.05) is 19.7 Å². The van der Waals surface area contributed by atoms with Crippen molar-refractivity contribution >= 4 is 17.7 Å². The highest BCUT2D eigenvalue weighted by molar-refractivity contribution is 5.99. The Morgan fingerprint density at radius 2 is 1.51 bits per heavy atom. The van der Waals surface area contributed by atoms with Gasteiger partial charge in [-0.3, -0.25) is 14.4 Å². The van der Waals surface area contributed by atoms with Crippen LogP contribution in [0.3, 0.4) is 0 Å². The van der Waals surface area contributed by atoms with Crippen LogP contribution < -0.4 is 0 Å². The van der Waals surface area contributed by atoms with Crippen LogP contribution in [0.15, 0.2) is 86.0 Å². The zero-order chi connectivity index (χ0) is 30.9. The van der Waals surface area contributed by atoms with Gasteiger partial charge in [0, 0.05) is 26.2 Å². The highest BCUT2D eigenvalue weighted by atomic mass is 16.5. The zero-order valence-electron chi connectivity index (χ0n) is 25.4. The van der Waals surface area contributed by atoms with Crippen molar-refractivity contribution in [3.63, 3.8) is 0 Å². The van der Waals surface area contributed by atoms with Crippen molar-refractivity contribution in [3.05, 3.63) is 97.1 Å². The van der Waals surface area contributed by atoms with Gasteiger partial charge in [0.05, 0.1) is 30.1 Å². The fraction of sp³-hybridized carbons (Fsp3) is 0.457. The summed E-state index contributed by atoms with van der Waals surface area (Å²) in [5.41, 5.74) is -0.223. The predicted octanol–water partition coefficient (Wildman–Crippen LogP) is 3.81. The van der Waals surface area contributed by atoms with Gasteiger partial charge in [0.2, 0.25) is 17.7 Å². The summed E-state index contributed by atoms with van der Waals surface area (Å²) in [6.07, 6.45) is 3.82. The number of nitrogens with zero attached hydrogens (tertiary/aromatic N) is 3. The molecule has 5 rings (SSSR count). The first kappa shape index (κ1) is 30.7. The van der Waals surface area contributed by atoms with Crippen LogP contribution in [-0.4, -0.2) is 80.5 Å². The molecular weight excluding hydrogens is 542 g/mol. The summed E-state index contributed by atoms with van der Waals surface area (Å²) in [4.78, 5) is 48.6. The highest BCUT2D eigenvalue weighted by Gasteiger charge is 2.80. The van der Waals surface area contributed by atoms with Gasteiger partial charge in [-0.1, -0.05) is 79.7 Å². The van der Waals surface area contributed by atoms with Crippen LogP contribution in [-0.2, 0) is 32.2 Å². The number of benzene rings is 2. The summed E-state index contributed by atoms with van der Waals surface area (Å²) in [6, 6.07) is 17.8. The first-order valence-electron chi connectivity index (χ1n) is 15.1. The molecule has 2 aromatic rings. The number of carbonyl (C=O) groups is 3. The van der Waals surface area contributed by atoms with E-state index in [0.29, 0.717) is 26.1 Å². The molecule has 3 aliphatic rings. The number of ether oxygens (including phenoxy) is 1. The Balaban J connectivity index is 1.56. The van der Waals surface area contributed by atoms with Crippen molar-refractivity contribution < 1.29 is 24.2 Å². The fourth-order valence-corrected chi connectivity index (χ4v) is 7.65. The molecule has 0 saturated carbocycles. The van der Waals surface area contributed by atoms with Crippen molar-refractivity contribution in [1.82, 2.24) is 14.7 Å². The molecule has 3 unspecified atom stereocenters. The Hall–Kier alpha value is -3.75. The minimum Gasteiger partial charge on any atom is -0.394 e. The summed E-state index contributed by atoms with van der Waals surface area (Å²) < 4.78 is 6.91. The number of hydrogen-bond donors (Lipinski definition) is 1. The van der Waals surface area contributed by atoms with Crippen LogP contribution in [0.1, 0.15) is 38.3 Å². The maximum absolute atomic E-state index is 14.6. The van der Waals surface area contributed by atoms with Gasteiger partial charge in [0.25, 0.3) is 0 Å². The third-order valence-electron chi connectivity index (χ3n) is 9.75. The molecule has 1 N–H and O–H groups in total. The first-order valence-corrected chi connectivity index (χ1v) is 15.1. The van der Waals surface area contributed by atoms with Gasteiger partial charge in [0.1, 0.15) is 11.6 Å². The van der Waals surface area contributed by atoms with E-state index >= 15 is 0 Å². The molecule has 3 aliphatic heterocycles. The van der Waals surface area contributed by atoms with Gasteiger partial charge in [0.15, 0.2) is 0 Å². The molecule has 228 valence electrons. The summed E-state index contributed by atoms with van der Waals surface area (Å²) in [5, 5.41) is 10.3. The topological polar surface area (TPSA) is 90.4 Å². The van der Waals surface area contributed by atoms with Crippen LogP contribution in [0.5, 0.6) is 0 Å². The Labute approximate surface area is 254 Å². The molecule has 0 radical (unpaired) electrons. The Kier molecular flexibility index (Phi) is 8.63. The lowest BCUT2D eigenvalue weighted by Crippen LogP contribution is -2.58. The smallest absolute Gasteiger partial charge is 0.249 e. The molecule has 43 heavy (non-hydrogen) atoms. The SMILES string of the molecule is C=CCN(Cc1ccccc1)C(=O)C1N([C@H](C)CO)C(=O)[C@@H]2[C@@H](C(=O)N(CC=C)Cc3ccccc3)[C@]3(C)OC12CC3C. The van der Waals surface area contributed by atoms with Gasteiger partial charge in [-0.2, -0.15) is 0 Å². The lowest BCUT2D eigenvalue weighted by Gasteiger charge is -2.39. The van der Waals surface area contributed by atoms with Crippen molar-refractivity contribution in [1.29, 1.82) is 0 Å². The average molecular weight is 586 g/mol. The second kappa shape index (κ2) is 12.1. The van der Waals surface area contributed by atoms with Crippen LogP contribution in [0.25, 0.3) is 0 Å². The molecular formula is C35H43N3O5. The van der Waals surface area contributed by atoms with Gasteiger partial charge in [-0.15, -0.1) is 13.2 Å². The maximum Gasteiger partial charge on any atom is 0.249 e. The van der Waals surface area contributed by atoms with E-state index in [4.69, 9.17) is 4.74 Å². The summed E-state index contributed by atoms with van der Waals surface area (Å²) in [7, 11) is 0. The molecule has 3 heterocycles. The minimum atomic E-state index is -1.20. The lowest BCUT2D eigenvalue weighted by atomic mass is 9.62. The number of rotatable bonds is 12. The highest BCUT2D eigenvalue weighted by Crippen LogP contribution is 2.65. The minimum absolute atomic E-state index is 0.0885. The second-order valence-electron chi connectivity index (χ2n) is 12.5. The van der Waals surface area contributed by atoms with Gasteiger partial charge < -0.3 is 24.5 Å². The maximum atomic E-state index is 14.6. The number of amides is 3. The summed E-state index contributed by atoms with van der Waals surface area (Å²) >= 11 is 0. The Bertz CT molecular complexity index is 1370. The number of fused-ring (bicyclic) bond motifs is 1.